The lowest BCUT2D eigenvalue weighted by Gasteiger charge is -2.36. The number of fused-ring (bicyclic) bond motifs is 1. The van der Waals surface area contributed by atoms with Crippen molar-refractivity contribution in [3.8, 4) is 0 Å². The summed E-state index contributed by atoms with van der Waals surface area (Å²) in [5, 5.41) is 13.2. The Bertz CT molecular complexity index is 290. The highest BCUT2D eigenvalue weighted by atomic mass is 16.3. The van der Waals surface area contributed by atoms with Gasteiger partial charge >= 0.3 is 0 Å². The van der Waals surface area contributed by atoms with Gasteiger partial charge in [0.05, 0.1) is 6.61 Å². The quantitative estimate of drug-likeness (QED) is 0.449. The first-order valence-corrected chi connectivity index (χ1v) is 6.15. The molecule has 5 heteroatoms. The van der Waals surface area contributed by atoms with Gasteiger partial charge in [-0.15, -0.1) is 0 Å². The fraction of sp³-hybridized carbons (Fsp3) is 1.00. The Balaban J connectivity index is 1.94. The molecule has 0 aromatic carbocycles. The van der Waals surface area contributed by atoms with Gasteiger partial charge in [0.1, 0.15) is 0 Å². The second-order valence-electron chi connectivity index (χ2n) is 5.15. The molecule has 2 rings (SSSR count). The van der Waals surface area contributed by atoms with Gasteiger partial charge in [0.25, 0.3) is 0 Å². The van der Waals surface area contributed by atoms with E-state index in [1.807, 2.05) is 0 Å². The Kier molecular flexibility index (Phi) is 3.69. The summed E-state index contributed by atoms with van der Waals surface area (Å²) in [6.45, 7) is 3.75. The van der Waals surface area contributed by atoms with E-state index in [4.69, 9.17) is 5.53 Å². The van der Waals surface area contributed by atoms with Crippen molar-refractivity contribution in [1.82, 2.24) is 4.90 Å². The number of azide groups is 1. The van der Waals surface area contributed by atoms with Gasteiger partial charge < -0.3 is 10.0 Å². The van der Waals surface area contributed by atoms with Crippen molar-refractivity contribution in [2.24, 2.45) is 16.4 Å². The monoisotopic (exact) mass is 224 g/mol. The largest absolute Gasteiger partial charge is 0.396 e. The minimum absolute atomic E-state index is 0.147. The van der Waals surface area contributed by atoms with Crippen LogP contribution < -0.4 is 0 Å². The van der Waals surface area contributed by atoms with Crippen molar-refractivity contribution < 1.29 is 5.11 Å². The fourth-order valence-electron chi connectivity index (χ4n) is 3.35. The average molecular weight is 224 g/mol. The van der Waals surface area contributed by atoms with Gasteiger partial charge in [0.2, 0.25) is 0 Å². The van der Waals surface area contributed by atoms with Crippen LogP contribution in [-0.4, -0.2) is 42.8 Å². The molecule has 2 aliphatic rings. The summed E-state index contributed by atoms with van der Waals surface area (Å²) in [4.78, 5) is 5.12. The predicted octanol–water partition coefficient (Wildman–Crippen LogP) is 1.78. The van der Waals surface area contributed by atoms with Gasteiger partial charge in [-0.2, -0.15) is 0 Å². The van der Waals surface area contributed by atoms with Crippen LogP contribution in [0.2, 0.25) is 0 Å². The lowest BCUT2D eigenvalue weighted by atomic mass is 9.69. The summed E-state index contributed by atoms with van der Waals surface area (Å²) < 4.78 is 0. The van der Waals surface area contributed by atoms with E-state index in [0.29, 0.717) is 19.1 Å². The molecule has 0 aromatic heterocycles. The van der Waals surface area contributed by atoms with Crippen molar-refractivity contribution in [3.63, 3.8) is 0 Å². The lowest BCUT2D eigenvalue weighted by Crippen LogP contribution is -2.37. The minimum atomic E-state index is 0.147. The van der Waals surface area contributed by atoms with Crippen molar-refractivity contribution in [3.05, 3.63) is 10.4 Å². The van der Waals surface area contributed by atoms with Crippen molar-refractivity contribution >= 4 is 0 Å². The minimum Gasteiger partial charge on any atom is -0.396 e. The summed E-state index contributed by atoms with van der Waals surface area (Å²) in [6, 6.07) is 0. The SMILES string of the molecule is [N-]=[N+]=NCCN1CC2CCCCC2(CO)C1. The molecule has 2 fully saturated rings. The average Bonchev–Trinajstić information content (AvgIpc) is 2.68. The third-order valence-electron chi connectivity index (χ3n) is 4.25. The van der Waals surface area contributed by atoms with E-state index in [-0.39, 0.29) is 5.41 Å². The maximum Gasteiger partial charge on any atom is 0.0502 e. The van der Waals surface area contributed by atoms with Crippen LogP contribution in [0.15, 0.2) is 5.11 Å². The van der Waals surface area contributed by atoms with E-state index in [9.17, 15) is 5.11 Å². The van der Waals surface area contributed by atoms with Crippen LogP contribution in [0.5, 0.6) is 0 Å². The third-order valence-corrected chi connectivity index (χ3v) is 4.25. The summed E-state index contributed by atoms with van der Waals surface area (Å²) in [7, 11) is 0. The van der Waals surface area contributed by atoms with E-state index < -0.39 is 0 Å². The molecule has 0 spiro atoms. The van der Waals surface area contributed by atoms with E-state index in [0.717, 1.165) is 26.1 Å². The van der Waals surface area contributed by atoms with Gasteiger partial charge in [0.15, 0.2) is 0 Å². The molecule has 1 heterocycles. The van der Waals surface area contributed by atoms with Crippen LogP contribution in [0.1, 0.15) is 25.7 Å². The van der Waals surface area contributed by atoms with E-state index in [1.54, 1.807) is 0 Å². The van der Waals surface area contributed by atoms with Crippen molar-refractivity contribution in [1.29, 1.82) is 0 Å². The third kappa shape index (κ3) is 2.17. The first-order chi connectivity index (χ1) is 7.80. The molecule has 1 N–H and O–H groups in total. The highest BCUT2D eigenvalue weighted by Gasteiger charge is 2.46. The predicted molar refractivity (Wildman–Crippen MR) is 61.9 cm³/mol. The van der Waals surface area contributed by atoms with Crippen LogP contribution in [0.4, 0.5) is 0 Å². The molecule has 0 amide bonds. The maximum atomic E-state index is 9.63. The van der Waals surface area contributed by atoms with Gasteiger partial charge in [0, 0.05) is 36.5 Å². The Morgan fingerprint density at radius 3 is 3.06 bits per heavy atom. The molecule has 0 radical (unpaired) electrons. The number of rotatable bonds is 4. The normalized spacial score (nSPS) is 34.4. The molecule has 1 aliphatic heterocycles. The van der Waals surface area contributed by atoms with Gasteiger partial charge in [-0.05, 0) is 24.3 Å². The Labute approximate surface area is 96.1 Å². The molecule has 0 aromatic rings. The van der Waals surface area contributed by atoms with Crippen LogP contribution in [0.3, 0.4) is 0 Å². The Morgan fingerprint density at radius 2 is 2.38 bits per heavy atom. The molecule has 0 bridgehead atoms. The van der Waals surface area contributed by atoms with Crippen LogP contribution in [0.25, 0.3) is 10.4 Å². The highest BCUT2D eigenvalue weighted by Crippen LogP contribution is 2.46. The first kappa shape index (κ1) is 11.7. The molecule has 1 aliphatic carbocycles. The number of nitrogens with zero attached hydrogens (tertiary/aromatic N) is 4. The Morgan fingerprint density at radius 1 is 1.50 bits per heavy atom. The number of aliphatic hydroxyl groups excluding tert-OH is 1. The second-order valence-corrected chi connectivity index (χ2v) is 5.15. The topological polar surface area (TPSA) is 72.2 Å². The van der Waals surface area contributed by atoms with Gasteiger partial charge in [-0.1, -0.05) is 18.0 Å². The highest BCUT2D eigenvalue weighted by molar-refractivity contribution is 4.98. The van der Waals surface area contributed by atoms with E-state index in [2.05, 4.69) is 14.9 Å². The molecule has 90 valence electrons. The summed E-state index contributed by atoms with van der Waals surface area (Å²) in [5.74, 6) is 0.650. The van der Waals surface area contributed by atoms with Crippen molar-refractivity contribution in [2.75, 3.05) is 32.8 Å². The van der Waals surface area contributed by atoms with Crippen LogP contribution in [0, 0.1) is 11.3 Å². The molecule has 1 saturated heterocycles. The molecule has 2 unspecified atom stereocenters. The summed E-state index contributed by atoms with van der Waals surface area (Å²) in [6.07, 6.45) is 4.96. The Hall–Kier alpha value is -0.770. The zero-order valence-corrected chi connectivity index (χ0v) is 9.68. The number of likely N-dealkylation sites (tertiary alicyclic amines) is 1. The molecular formula is C11H20N4O. The number of hydrogen-bond acceptors (Lipinski definition) is 3. The van der Waals surface area contributed by atoms with Crippen LogP contribution >= 0.6 is 0 Å². The second kappa shape index (κ2) is 5.04. The number of aliphatic hydroxyl groups is 1. The molecular weight excluding hydrogens is 204 g/mol. The van der Waals surface area contributed by atoms with Crippen LogP contribution in [-0.2, 0) is 0 Å². The molecule has 5 nitrogen and oxygen atoms in total. The van der Waals surface area contributed by atoms with Gasteiger partial charge in [-0.25, -0.2) is 0 Å². The molecule has 2 atom stereocenters. The smallest absolute Gasteiger partial charge is 0.0502 e. The lowest BCUT2D eigenvalue weighted by molar-refractivity contribution is 0.0584. The fourth-order valence-corrected chi connectivity index (χ4v) is 3.35. The number of hydrogen-bond donors (Lipinski definition) is 1. The van der Waals surface area contributed by atoms with E-state index in [1.165, 1.54) is 19.3 Å². The van der Waals surface area contributed by atoms with Gasteiger partial charge in [-0.3, -0.25) is 0 Å². The summed E-state index contributed by atoms with van der Waals surface area (Å²) in [5.41, 5.74) is 8.39. The maximum absolute atomic E-state index is 9.63. The zero-order valence-electron chi connectivity index (χ0n) is 9.68. The standard InChI is InChI=1S/C11H20N4O/c12-14-13-5-6-15-7-10-3-1-2-4-11(10,8-15)9-16/h10,16H,1-9H2. The zero-order chi connectivity index (χ0) is 11.4. The first-order valence-electron chi connectivity index (χ1n) is 6.15. The van der Waals surface area contributed by atoms with E-state index >= 15 is 0 Å². The van der Waals surface area contributed by atoms with Crippen molar-refractivity contribution in [2.45, 2.75) is 25.7 Å². The summed E-state index contributed by atoms with van der Waals surface area (Å²) >= 11 is 0. The molecule has 16 heavy (non-hydrogen) atoms. The molecule has 1 saturated carbocycles.